The largest absolute Gasteiger partial charge is 0.450 e. The fraction of sp³-hybridized carbons (Fsp3) is 0.0476. The molecular formula is C21H14FNO2S3. The van der Waals surface area contributed by atoms with Crippen LogP contribution in [0.4, 0.5) is 10.1 Å². The highest BCUT2D eigenvalue weighted by Gasteiger charge is 2.34. The van der Waals surface area contributed by atoms with Crippen molar-refractivity contribution in [2.45, 2.75) is 10.8 Å². The average molecular weight is 428 g/mol. The first-order chi connectivity index (χ1) is 13.6. The van der Waals surface area contributed by atoms with Gasteiger partial charge in [0.15, 0.2) is 9.41 Å². The van der Waals surface area contributed by atoms with Crippen molar-refractivity contribution in [2.24, 2.45) is 0 Å². The summed E-state index contributed by atoms with van der Waals surface area (Å²) in [6, 6.07) is 19.9. The third-order valence-corrected chi connectivity index (χ3v) is 6.27. The molecule has 3 aromatic rings. The molecule has 0 saturated carbocycles. The fourth-order valence-corrected chi connectivity index (χ4v) is 4.74. The Morgan fingerprint density at radius 1 is 1.07 bits per heavy atom. The van der Waals surface area contributed by atoms with Crippen LogP contribution in [0, 0.1) is 5.82 Å². The zero-order valence-electron chi connectivity index (χ0n) is 14.5. The molecule has 28 heavy (non-hydrogen) atoms. The fourth-order valence-electron chi connectivity index (χ4n) is 2.66. The van der Waals surface area contributed by atoms with Crippen LogP contribution in [0.15, 0.2) is 81.1 Å². The lowest BCUT2D eigenvalue weighted by molar-refractivity contribution is -0.113. The number of anilines is 1. The molecule has 4 rings (SSSR count). The van der Waals surface area contributed by atoms with Crippen LogP contribution >= 0.6 is 35.7 Å². The van der Waals surface area contributed by atoms with Gasteiger partial charge < -0.3 is 4.42 Å². The number of benzene rings is 2. The Kier molecular flexibility index (Phi) is 5.66. The van der Waals surface area contributed by atoms with E-state index in [2.05, 4.69) is 12.1 Å². The number of amides is 1. The van der Waals surface area contributed by atoms with Crippen molar-refractivity contribution in [3.05, 3.63) is 88.8 Å². The average Bonchev–Trinajstić information content (AvgIpc) is 3.26. The highest BCUT2D eigenvalue weighted by Crippen LogP contribution is 2.37. The van der Waals surface area contributed by atoms with Crippen molar-refractivity contribution >= 4 is 57.7 Å². The number of furan rings is 1. The molecule has 2 aromatic carbocycles. The summed E-state index contributed by atoms with van der Waals surface area (Å²) in [6.07, 6.45) is 1.65. The van der Waals surface area contributed by atoms with E-state index in [0.717, 1.165) is 22.6 Å². The van der Waals surface area contributed by atoms with Crippen LogP contribution < -0.4 is 4.90 Å². The number of thioether (sulfide) groups is 2. The monoisotopic (exact) mass is 427 g/mol. The Hall–Kier alpha value is -2.35. The van der Waals surface area contributed by atoms with Gasteiger partial charge in [-0.05, 0) is 29.8 Å². The van der Waals surface area contributed by atoms with E-state index in [-0.39, 0.29) is 11.6 Å². The molecule has 0 radical (unpaired) electrons. The van der Waals surface area contributed by atoms with E-state index in [1.165, 1.54) is 22.6 Å². The standard InChI is InChI=1S/C21H14FNO2S3/c22-16-8-4-5-9-17(16)23-20(24)18(28-21(23)26)12-15-10-11-19(25-15)27-13-14-6-2-1-3-7-14/h1-12H,13H2/b18-12-. The third-order valence-electron chi connectivity index (χ3n) is 3.99. The lowest BCUT2D eigenvalue weighted by Crippen LogP contribution is -2.28. The van der Waals surface area contributed by atoms with Gasteiger partial charge in [-0.3, -0.25) is 9.69 Å². The summed E-state index contributed by atoms with van der Waals surface area (Å²) in [5.74, 6) is 0.514. The minimum absolute atomic E-state index is 0.159. The van der Waals surface area contributed by atoms with Gasteiger partial charge in [-0.25, -0.2) is 4.39 Å². The van der Waals surface area contributed by atoms with Crippen molar-refractivity contribution in [3.8, 4) is 0 Å². The van der Waals surface area contributed by atoms with Crippen molar-refractivity contribution in [2.75, 3.05) is 4.90 Å². The van der Waals surface area contributed by atoms with Gasteiger partial charge in [-0.15, -0.1) is 0 Å². The number of hydrogen-bond donors (Lipinski definition) is 0. The summed E-state index contributed by atoms with van der Waals surface area (Å²) in [5, 5.41) is 0.764. The van der Waals surface area contributed by atoms with E-state index >= 15 is 0 Å². The minimum Gasteiger partial charge on any atom is -0.450 e. The molecule has 0 N–H and O–H groups in total. The van der Waals surface area contributed by atoms with Gasteiger partial charge >= 0.3 is 0 Å². The van der Waals surface area contributed by atoms with Crippen LogP contribution in [0.5, 0.6) is 0 Å². The normalized spacial score (nSPS) is 15.6. The van der Waals surface area contributed by atoms with Crippen LogP contribution in [0.25, 0.3) is 6.08 Å². The summed E-state index contributed by atoms with van der Waals surface area (Å²) in [5.41, 5.74) is 1.36. The summed E-state index contributed by atoms with van der Waals surface area (Å²) in [7, 11) is 0. The molecule has 1 saturated heterocycles. The van der Waals surface area contributed by atoms with Gasteiger partial charge in [0.25, 0.3) is 5.91 Å². The Morgan fingerprint density at radius 2 is 1.82 bits per heavy atom. The molecule has 1 aliphatic heterocycles. The molecule has 0 bridgehead atoms. The Morgan fingerprint density at radius 3 is 2.61 bits per heavy atom. The zero-order valence-corrected chi connectivity index (χ0v) is 17.0. The van der Waals surface area contributed by atoms with E-state index in [9.17, 15) is 9.18 Å². The SMILES string of the molecule is O=C1/C(=C/c2ccc(SCc3ccccc3)o2)SC(=S)N1c1ccccc1F. The molecule has 1 amide bonds. The van der Waals surface area contributed by atoms with Gasteiger partial charge in [0, 0.05) is 11.8 Å². The molecule has 1 aromatic heterocycles. The summed E-state index contributed by atoms with van der Waals surface area (Å²) < 4.78 is 20.2. The Bertz CT molecular complexity index is 1060. The van der Waals surface area contributed by atoms with Gasteiger partial charge in [0.1, 0.15) is 11.6 Å². The van der Waals surface area contributed by atoms with Gasteiger partial charge in [0.2, 0.25) is 0 Å². The Balaban J connectivity index is 1.49. The molecular weight excluding hydrogens is 413 g/mol. The first kappa shape index (κ1) is 19.0. The number of thiocarbonyl (C=S) groups is 1. The van der Waals surface area contributed by atoms with Crippen molar-refractivity contribution < 1.29 is 13.6 Å². The molecule has 2 heterocycles. The van der Waals surface area contributed by atoms with E-state index in [4.69, 9.17) is 16.6 Å². The summed E-state index contributed by atoms with van der Waals surface area (Å²) in [6.45, 7) is 0. The third kappa shape index (κ3) is 4.06. The minimum atomic E-state index is -0.488. The van der Waals surface area contributed by atoms with E-state index in [1.54, 1.807) is 30.0 Å². The van der Waals surface area contributed by atoms with Crippen LogP contribution in [-0.2, 0) is 10.5 Å². The molecule has 1 aliphatic rings. The molecule has 140 valence electrons. The second-order valence-electron chi connectivity index (χ2n) is 5.90. The van der Waals surface area contributed by atoms with Crippen molar-refractivity contribution in [1.29, 1.82) is 0 Å². The molecule has 0 unspecified atom stereocenters. The maximum atomic E-state index is 14.1. The number of para-hydroxylation sites is 1. The molecule has 1 fully saturated rings. The van der Waals surface area contributed by atoms with Gasteiger partial charge in [-0.2, -0.15) is 0 Å². The number of hydrogen-bond acceptors (Lipinski definition) is 5. The van der Waals surface area contributed by atoms with E-state index < -0.39 is 5.82 Å². The summed E-state index contributed by atoms with van der Waals surface area (Å²) in [4.78, 5) is 14.3. The lowest BCUT2D eigenvalue weighted by atomic mass is 10.2. The number of carbonyl (C=O) groups is 1. The quantitative estimate of drug-likeness (QED) is 0.278. The zero-order chi connectivity index (χ0) is 19.5. The van der Waals surface area contributed by atoms with Crippen molar-refractivity contribution in [3.63, 3.8) is 0 Å². The number of nitrogens with zero attached hydrogens (tertiary/aromatic N) is 1. The first-order valence-electron chi connectivity index (χ1n) is 8.41. The molecule has 0 atom stereocenters. The number of halogens is 1. The summed E-state index contributed by atoms with van der Waals surface area (Å²) >= 11 is 7.99. The molecule has 0 spiro atoms. The lowest BCUT2D eigenvalue weighted by Gasteiger charge is -2.14. The van der Waals surface area contributed by atoms with Crippen LogP contribution in [0.1, 0.15) is 11.3 Å². The Labute approximate surface area is 175 Å². The maximum absolute atomic E-state index is 14.1. The number of rotatable bonds is 5. The first-order valence-corrected chi connectivity index (χ1v) is 10.6. The van der Waals surface area contributed by atoms with Crippen LogP contribution in [0.2, 0.25) is 0 Å². The molecule has 0 aliphatic carbocycles. The highest BCUT2D eigenvalue weighted by molar-refractivity contribution is 8.27. The number of carbonyl (C=O) groups excluding carboxylic acids is 1. The second kappa shape index (κ2) is 8.34. The molecule has 7 heteroatoms. The predicted octanol–water partition coefficient (Wildman–Crippen LogP) is 6.12. The predicted molar refractivity (Wildman–Crippen MR) is 117 cm³/mol. The smallest absolute Gasteiger partial charge is 0.270 e. The second-order valence-corrected chi connectivity index (χ2v) is 8.56. The van der Waals surface area contributed by atoms with Crippen LogP contribution in [-0.4, -0.2) is 10.2 Å². The molecule has 3 nitrogen and oxygen atoms in total. The highest BCUT2D eigenvalue weighted by atomic mass is 32.2. The van der Waals surface area contributed by atoms with Crippen LogP contribution in [0.3, 0.4) is 0 Å². The van der Waals surface area contributed by atoms with Crippen molar-refractivity contribution in [1.82, 2.24) is 0 Å². The maximum Gasteiger partial charge on any atom is 0.270 e. The van der Waals surface area contributed by atoms with E-state index in [1.807, 2.05) is 30.3 Å². The van der Waals surface area contributed by atoms with Gasteiger partial charge in [0.05, 0.1) is 10.6 Å². The topological polar surface area (TPSA) is 33.5 Å². The van der Waals surface area contributed by atoms with E-state index in [0.29, 0.717) is 15.0 Å². The van der Waals surface area contributed by atoms with Gasteiger partial charge in [-0.1, -0.05) is 78.2 Å².